The number of hydrogen-bond donors (Lipinski definition) is 3. The van der Waals surface area contributed by atoms with Gasteiger partial charge in [-0.25, -0.2) is 10.5 Å². The van der Waals surface area contributed by atoms with Gasteiger partial charge >= 0.3 is 0 Å². The summed E-state index contributed by atoms with van der Waals surface area (Å²) in [6.45, 7) is 2.68. The Morgan fingerprint density at radius 1 is 1.44 bits per heavy atom. The van der Waals surface area contributed by atoms with E-state index in [4.69, 9.17) is 20.0 Å². The first-order valence-corrected chi connectivity index (χ1v) is 10.5. The van der Waals surface area contributed by atoms with Gasteiger partial charge in [-0.2, -0.15) is 10.2 Å². The summed E-state index contributed by atoms with van der Waals surface area (Å²) in [7, 11) is 0. The smallest absolute Gasteiger partial charge is 0.284 e. The van der Waals surface area contributed by atoms with E-state index in [1.807, 2.05) is 0 Å². The van der Waals surface area contributed by atoms with Crippen LogP contribution in [-0.2, 0) is 9.57 Å². The van der Waals surface area contributed by atoms with Crippen molar-refractivity contribution in [1.29, 1.82) is 5.26 Å². The minimum atomic E-state index is -0.914. The van der Waals surface area contributed by atoms with E-state index in [2.05, 4.69) is 21.5 Å². The van der Waals surface area contributed by atoms with Crippen LogP contribution < -0.4 is 16.0 Å². The number of nitrogens with zero attached hydrogens (tertiary/aromatic N) is 3. The first-order valence-electron chi connectivity index (χ1n) is 10.5. The van der Waals surface area contributed by atoms with Crippen LogP contribution >= 0.6 is 0 Å². The number of ether oxygens (including phenoxy) is 2. The lowest BCUT2D eigenvalue weighted by atomic mass is 9.81. The van der Waals surface area contributed by atoms with E-state index >= 15 is 0 Å². The molecule has 1 saturated heterocycles. The fourth-order valence-corrected chi connectivity index (χ4v) is 3.65. The summed E-state index contributed by atoms with van der Waals surface area (Å²) in [6, 6.07) is 7.33. The average Bonchev–Trinajstić information content (AvgIpc) is 3.25. The molecule has 0 radical (unpaired) electrons. The Morgan fingerprint density at radius 3 is 2.91 bits per heavy atom. The van der Waals surface area contributed by atoms with Crippen LogP contribution in [0.1, 0.15) is 47.2 Å². The Hall–Kier alpha value is -3.26. The third-order valence-electron chi connectivity index (χ3n) is 5.78. The van der Waals surface area contributed by atoms with Crippen molar-refractivity contribution in [2.45, 2.75) is 44.3 Å². The Morgan fingerprint density at radius 2 is 2.25 bits per heavy atom. The van der Waals surface area contributed by atoms with Crippen LogP contribution in [0.4, 0.5) is 5.82 Å². The van der Waals surface area contributed by atoms with Crippen LogP contribution in [0.2, 0.25) is 0 Å². The van der Waals surface area contributed by atoms with Crippen LogP contribution in [0.15, 0.2) is 18.2 Å². The second kappa shape index (κ2) is 9.08. The first kappa shape index (κ1) is 22.0. The lowest BCUT2D eigenvalue weighted by Crippen LogP contribution is -2.44. The van der Waals surface area contributed by atoms with Gasteiger partial charge in [-0.15, -0.1) is 0 Å². The van der Waals surface area contributed by atoms with E-state index in [-0.39, 0.29) is 35.8 Å². The number of benzene rings is 1. The van der Waals surface area contributed by atoms with Crippen LogP contribution in [0.25, 0.3) is 11.4 Å². The maximum atomic E-state index is 12.8. The SMILES string of the molecule is Cc1c(C#N)cccc1-c1nc(N)c(C(=O)NOCC2(O)CCC2)c(O[C@H]2CCOC2)n1. The minimum Gasteiger partial charge on any atom is -0.471 e. The highest BCUT2D eigenvalue weighted by Gasteiger charge is 2.35. The van der Waals surface area contributed by atoms with Gasteiger partial charge in [0, 0.05) is 12.0 Å². The van der Waals surface area contributed by atoms with E-state index in [1.165, 1.54) is 0 Å². The maximum absolute atomic E-state index is 12.8. The number of amides is 1. The molecule has 1 amide bonds. The van der Waals surface area contributed by atoms with Gasteiger partial charge in [0.2, 0.25) is 5.88 Å². The second-order valence-electron chi connectivity index (χ2n) is 8.10. The lowest BCUT2D eigenvalue weighted by molar-refractivity contribution is -0.113. The number of aromatic nitrogens is 2. The number of anilines is 1. The number of nitrogens with one attached hydrogen (secondary N) is 1. The molecule has 1 saturated carbocycles. The van der Waals surface area contributed by atoms with Crippen molar-refractivity contribution < 1.29 is 24.2 Å². The molecule has 10 nitrogen and oxygen atoms in total. The number of nitrogen functional groups attached to an aromatic ring is 1. The standard InChI is InChI=1S/C22H25N5O5/c1-13-14(10-23)4-2-5-16(13)19-25-18(24)17(21(26-19)32-15-6-9-30-11-15)20(28)27-31-12-22(29)7-3-8-22/h2,4-5,15,29H,3,6-9,11-12H2,1H3,(H,27,28)(H2,24,25,26)/t15-/m0/s1. The number of nitriles is 1. The monoisotopic (exact) mass is 439 g/mol. The number of nitrogens with two attached hydrogens (primary N) is 1. The summed E-state index contributed by atoms with van der Waals surface area (Å²) in [4.78, 5) is 26.8. The fraction of sp³-hybridized carbons (Fsp3) is 0.455. The normalized spacial score (nSPS) is 19.1. The van der Waals surface area contributed by atoms with E-state index in [0.717, 1.165) is 6.42 Å². The van der Waals surface area contributed by atoms with Gasteiger partial charge in [0.1, 0.15) is 24.1 Å². The molecule has 1 aromatic carbocycles. The number of carbonyl (C=O) groups is 1. The summed E-state index contributed by atoms with van der Waals surface area (Å²) >= 11 is 0. The van der Waals surface area contributed by atoms with Crippen LogP contribution in [0, 0.1) is 18.3 Å². The van der Waals surface area contributed by atoms with Crippen molar-refractivity contribution in [3.8, 4) is 23.3 Å². The van der Waals surface area contributed by atoms with Crippen molar-refractivity contribution in [1.82, 2.24) is 15.4 Å². The molecule has 10 heteroatoms. The third-order valence-corrected chi connectivity index (χ3v) is 5.78. The average molecular weight is 439 g/mol. The highest BCUT2D eigenvalue weighted by molar-refractivity contribution is 6.00. The first-order chi connectivity index (χ1) is 15.4. The summed E-state index contributed by atoms with van der Waals surface area (Å²) in [5.41, 5.74) is 9.28. The van der Waals surface area contributed by atoms with Gasteiger partial charge in [-0.1, -0.05) is 12.1 Å². The molecule has 168 valence electrons. The molecule has 0 bridgehead atoms. The molecule has 2 aromatic rings. The summed E-state index contributed by atoms with van der Waals surface area (Å²) in [5, 5.41) is 19.5. The molecular formula is C22H25N5O5. The quantitative estimate of drug-likeness (QED) is 0.547. The fourth-order valence-electron chi connectivity index (χ4n) is 3.65. The summed E-state index contributed by atoms with van der Waals surface area (Å²) in [5.74, 6) is -0.511. The predicted molar refractivity (Wildman–Crippen MR) is 113 cm³/mol. The highest BCUT2D eigenvalue weighted by atomic mass is 16.7. The lowest BCUT2D eigenvalue weighted by Gasteiger charge is -2.35. The van der Waals surface area contributed by atoms with Gasteiger partial charge in [0.05, 0.1) is 30.4 Å². The Labute approximate surface area is 185 Å². The molecule has 0 spiro atoms. The number of carbonyl (C=O) groups excluding carboxylic acids is 1. The molecule has 2 aliphatic rings. The van der Waals surface area contributed by atoms with E-state index in [0.29, 0.717) is 49.2 Å². The largest absolute Gasteiger partial charge is 0.471 e. The van der Waals surface area contributed by atoms with Crippen molar-refractivity contribution in [3.63, 3.8) is 0 Å². The summed E-state index contributed by atoms with van der Waals surface area (Å²) < 4.78 is 11.3. The van der Waals surface area contributed by atoms with Crippen molar-refractivity contribution >= 4 is 11.7 Å². The number of aliphatic hydroxyl groups is 1. The zero-order valence-corrected chi connectivity index (χ0v) is 17.8. The van der Waals surface area contributed by atoms with Gasteiger partial charge < -0.3 is 20.3 Å². The van der Waals surface area contributed by atoms with Crippen LogP contribution in [0.5, 0.6) is 5.88 Å². The number of hydroxylamine groups is 1. The molecule has 1 aliphatic heterocycles. The van der Waals surface area contributed by atoms with Crippen molar-refractivity contribution in [2.24, 2.45) is 0 Å². The molecule has 1 aromatic heterocycles. The van der Waals surface area contributed by atoms with Gasteiger partial charge in [0.25, 0.3) is 5.91 Å². The molecule has 1 atom stereocenters. The summed E-state index contributed by atoms with van der Waals surface area (Å²) in [6.07, 6.45) is 2.53. The zero-order valence-electron chi connectivity index (χ0n) is 17.8. The second-order valence-corrected chi connectivity index (χ2v) is 8.10. The van der Waals surface area contributed by atoms with Gasteiger partial charge in [-0.3, -0.25) is 9.63 Å². The van der Waals surface area contributed by atoms with Crippen LogP contribution in [-0.4, -0.2) is 52.5 Å². The van der Waals surface area contributed by atoms with Gasteiger partial charge in [0.15, 0.2) is 5.82 Å². The Balaban J connectivity index is 1.64. The third kappa shape index (κ3) is 4.50. The molecule has 1 aliphatic carbocycles. The minimum absolute atomic E-state index is 0.00761. The molecule has 4 N–H and O–H groups in total. The topological polar surface area (TPSA) is 153 Å². The van der Waals surface area contributed by atoms with E-state index in [1.54, 1.807) is 25.1 Å². The number of rotatable bonds is 7. The van der Waals surface area contributed by atoms with Crippen molar-refractivity contribution in [2.75, 3.05) is 25.6 Å². The van der Waals surface area contributed by atoms with Gasteiger partial charge in [-0.05, 0) is 37.8 Å². The van der Waals surface area contributed by atoms with E-state index in [9.17, 15) is 15.2 Å². The maximum Gasteiger partial charge on any atom is 0.284 e. The van der Waals surface area contributed by atoms with Crippen LogP contribution in [0.3, 0.4) is 0 Å². The number of hydrogen-bond acceptors (Lipinski definition) is 9. The highest BCUT2D eigenvalue weighted by Crippen LogP contribution is 2.32. The molecule has 2 heterocycles. The molecule has 0 unspecified atom stereocenters. The Kier molecular flexibility index (Phi) is 6.23. The predicted octanol–water partition coefficient (Wildman–Crippen LogP) is 1.65. The zero-order chi connectivity index (χ0) is 22.7. The molecule has 32 heavy (non-hydrogen) atoms. The molecule has 2 fully saturated rings. The van der Waals surface area contributed by atoms with E-state index < -0.39 is 11.5 Å². The Bertz CT molecular complexity index is 1060. The molecule has 4 rings (SSSR count). The van der Waals surface area contributed by atoms with Crippen molar-refractivity contribution in [3.05, 3.63) is 34.9 Å². The molecular weight excluding hydrogens is 414 g/mol.